The van der Waals surface area contributed by atoms with Crippen molar-refractivity contribution in [2.45, 2.75) is 426 Å². The van der Waals surface area contributed by atoms with Crippen LogP contribution in [0.5, 0.6) is 0 Å². The van der Waals surface area contributed by atoms with Gasteiger partial charge in [0, 0.05) is 193 Å². The van der Waals surface area contributed by atoms with E-state index in [1.165, 1.54) is 30.0 Å². The quantitative estimate of drug-likeness (QED) is 0.0190. The van der Waals surface area contributed by atoms with E-state index in [0.717, 1.165) is 60.5 Å². The lowest BCUT2D eigenvalue weighted by Gasteiger charge is -2.12. The van der Waals surface area contributed by atoms with Crippen molar-refractivity contribution in [3.63, 3.8) is 0 Å². The molecule has 890 valence electrons. The van der Waals surface area contributed by atoms with E-state index in [2.05, 4.69) is 166 Å². The molecule has 0 heterocycles. The van der Waals surface area contributed by atoms with Crippen LogP contribution in [0.1, 0.15) is 324 Å². The Morgan fingerprint density at radius 3 is 0.937 bits per heavy atom. The van der Waals surface area contributed by atoms with E-state index in [9.17, 15) is 71.9 Å². The number of nitrogens with zero attached hydrogens (tertiary/aromatic N) is 1. The average Bonchev–Trinajstić information content (AvgIpc) is 0.973. The molecule has 0 rings (SSSR count). The largest absolute Gasteiger partial charge is 0.449 e. The lowest BCUT2D eigenvalue weighted by molar-refractivity contribution is -0.125. The van der Waals surface area contributed by atoms with E-state index in [0.29, 0.717) is 90.3 Å². The van der Waals surface area contributed by atoms with Crippen molar-refractivity contribution in [2.75, 3.05) is 63.1 Å². The van der Waals surface area contributed by atoms with Crippen LogP contribution in [0.2, 0.25) is 102 Å². The second-order valence-electron chi connectivity index (χ2n) is 25.0. The molecule has 143 heavy (non-hydrogen) atoms. The van der Waals surface area contributed by atoms with Crippen molar-refractivity contribution in [2.24, 2.45) is 0 Å². The van der Waals surface area contributed by atoms with Crippen LogP contribution >= 0.6 is 23.4 Å². The molecule has 0 unspecified atom stereocenters. The minimum absolute atomic E-state index is 0. The number of allylic oxidation sites excluding steroid dienone is 9. The van der Waals surface area contributed by atoms with Gasteiger partial charge in [0.05, 0.1) is 18.1 Å². The Labute approximate surface area is 939 Å². The monoisotopic (exact) mass is 2290 g/mol. The number of halogens is 1. The molecule has 35 heteroatoms. The summed E-state index contributed by atoms with van der Waals surface area (Å²) in [6, 6.07) is 3.85. The van der Waals surface area contributed by atoms with Crippen LogP contribution in [-0.2, 0) is 71.8 Å². The number of alkyl carbamates (subject to hydrolysis) is 1. The highest BCUT2D eigenvalue weighted by molar-refractivity contribution is 8.14. The summed E-state index contributed by atoms with van der Waals surface area (Å²) < 4.78 is 9.98. The normalized spacial score (nSPS) is 8.03. The Kier molecular flexibility index (Phi) is 417. The number of carbonyl (C=O) groups excluding carboxylic acids is 15. The number of thioether (sulfide) groups is 1. The smallest absolute Gasteiger partial charge is 0.406 e. The highest BCUT2D eigenvalue weighted by Crippen LogP contribution is 2.08. The van der Waals surface area contributed by atoms with E-state index in [1.54, 1.807) is 60.4 Å². The van der Waals surface area contributed by atoms with Gasteiger partial charge in [0.15, 0.2) is 57.2 Å². The van der Waals surface area contributed by atoms with E-state index in [1.807, 2.05) is 0 Å². The molecule has 22 nitrogen and oxygen atoms in total. The van der Waals surface area contributed by atoms with Crippen molar-refractivity contribution in [1.82, 2.24) is 26.2 Å². The first kappa shape index (κ1) is 281. The number of hydrogen-bond acceptors (Lipinski definition) is 18. The van der Waals surface area contributed by atoms with Gasteiger partial charge in [-0.3, -0.25) is 62.3 Å². The first-order valence-electron chi connectivity index (χ1n) is 38.7. The van der Waals surface area contributed by atoms with Crippen LogP contribution in [0.4, 0.5) is 9.59 Å². The second kappa shape index (κ2) is 212. The van der Waals surface area contributed by atoms with Crippen LogP contribution in [0.15, 0.2) is 135 Å². The predicted molar refractivity (Wildman–Crippen MR) is 723 cm³/mol. The maximum atomic E-state index is 11.1. The third kappa shape index (κ3) is 254. The van der Waals surface area contributed by atoms with Gasteiger partial charge in [-0.2, -0.15) is 0 Å². The molecule has 0 aliphatic carbocycles. The van der Waals surface area contributed by atoms with Crippen molar-refractivity contribution in [1.29, 1.82) is 0 Å². The van der Waals surface area contributed by atoms with E-state index in [4.69, 9.17) is 21.1 Å². The summed E-state index contributed by atoms with van der Waals surface area (Å²) in [6.45, 7) is 74.6. The topological polar surface area (TPSA) is 326 Å². The molecule has 0 aromatic carbocycles. The molecule has 5 amide bonds. The number of amides is 5. The Morgan fingerprint density at radius 2 is 0.664 bits per heavy atom. The molecular formula is C108H274ClN5O17SSi11. The Bertz CT molecular complexity index is 2830. The van der Waals surface area contributed by atoms with Gasteiger partial charge in [-0.25, -0.2) is 9.59 Å². The van der Waals surface area contributed by atoms with Gasteiger partial charge in [0.2, 0.25) is 11.8 Å². The standard InChI is InChI=1S/C9H18N2O2Si.C9H17NO3Si.C8H14O2SSi.C8H14O2Si.C8H16O2Si.C6H11ClOSi.2C6H13NOSi.2C6H12OSi.C5H10OSi.31CH4/c1-7(2)8(12)4-5-10-9(13)11-6-14-3;1-7(2)8(11)4-5-13-9(12)10-6-14-3;1-3-7(9)4-5-8(10)11-6-12-2;1-6(2)8(10)4-7(9)5-11-3;1-7(2)8(9)4-5-10-6-11-3;1-5(7)6(8)3-4-9-2;1-5(2)6(8)7-4-9-3;1-4-6(8)7(2)5-9-3;2*1-5(2)6(7)4-8-3;1-3-5(6)4-7-2;;;;;;;;;;;;;;;;;;;;;;;;;;;;;;;/h1,4-6,14H2,2-3H3,(H2,10,11,13);1,4-6,14H2,2-3H3,(H,10,12);3H,1,4-6,12H2,2H3;1,4-5,11H2,2-3H3;1,4-6,11H2,2-3H3;1,3-4,9H2,2H3;1,4,9H2,2-3H3,(H,7,8);4H,1,5,9H2,2-3H3;2*1,4,8H2,2-3H3;3H,1,4,7H2,2H3;31*1H4. The fourth-order valence-electron chi connectivity index (χ4n) is 6.16. The Morgan fingerprint density at radius 1 is 0.329 bits per heavy atom. The van der Waals surface area contributed by atoms with Crippen LogP contribution in [-0.4, -0.2) is 260 Å². The highest BCUT2D eigenvalue weighted by atomic mass is 35.5. The first-order valence-corrected chi connectivity index (χ1v) is 66.6. The second-order valence-corrected chi connectivity index (χ2v) is 43.9. The number of urea groups is 1. The van der Waals surface area contributed by atoms with Gasteiger partial charge in [-0.1, -0.05) is 404 Å². The lowest BCUT2D eigenvalue weighted by Crippen LogP contribution is -2.38. The fourth-order valence-corrected chi connectivity index (χ4v) is 14.9. The molecule has 0 aliphatic heterocycles. The molecule has 0 radical (unpaired) electrons. The highest BCUT2D eigenvalue weighted by Gasteiger charge is 2.11. The summed E-state index contributed by atoms with van der Waals surface area (Å²) >= 11 is 6.70. The third-order valence-corrected chi connectivity index (χ3v) is 25.1. The minimum Gasteiger partial charge on any atom is -0.449 e. The number of hydrogen-bond donors (Lipinski definition) is 4. The first-order chi connectivity index (χ1) is 52.4. The minimum atomic E-state index is -0.436. The number of nitrogens with one attached hydrogen (secondary N) is 4. The zero-order valence-electron chi connectivity index (χ0n) is 72.8. The van der Waals surface area contributed by atoms with Gasteiger partial charge in [-0.05, 0) is 130 Å². The maximum absolute atomic E-state index is 11.1. The van der Waals surface area contributed by atoms with Gasteiger partial charge in [0.1, 0.15) is 12.4 Å². The number of ketones is 10. The van der Waals surface area contributed by atoms with Crippen molar-refractivity contribution >= 4 is 215 Å². The van der Waals surface area contributed by atoms with Crippen LogP contribution in [0, 0.1) is 0 Å². The number of Topliss-reactive ketones (excluding diaryl/α,β-unsaturated/α-hetero) is 8. The molecule has 0 saturated heterocycles. The predicted octanol–water partition coefficient (Wildman–Crippen LogP) is 25.4. The third-order valence-electron chi connectivity index (χ3n) is 12.9. The van der Waals surface area contributed by atoms with E-state index < -0.39 is 6.09 Å². The lowest BCUT2D eigenvalue weighted by atomic mass is 10.1. The molecule has 0 saturated carbocycles. The Balaban J connectivity index is -0.0000000193. The van der Waals surface area contributed by atoms with Crippen LogP contribution in [0.3, 0.4) is 0 Å². The summed E-state index contributed by atoms with van der Waals surface area (Å²) in [5.41, 5.74) is 4.15. The van der Waals surface area contributed by atoms with Crippen LogP contribution < -0.4 is 21.3 Å². The molecule has 0 spiro atoms. The van der Waals surface area contributed by atoms with Gasteiger partial charge >= 0.3 is 12.1 Å². The maximum Gasteiger partial charge on any atom is 0.406 e. The summed E-state index contributed by atoms with van der Waals surface area (Å²) in [7, 11) is 0.945. The SMILES string of the molecule is C.C.C.C.C.C.C.C.C.C.C.C.C.C.C.C.C.C.C.C.C.C.C.C.C.C.C.C.C.C.C.C=C(C)C(=O)CC(=O)C[SiH2]C.C=C(C)C(=O)CCNC(=O)NC[SiH2]C.C=C(C)C(=O)CCOC(=O)NC[SiH2]C.C=C(C)C(=O)CCOC[SiH2]C.C=C(C)C(=O)C[SiH2]C.C=C(C)C(=O)C[SiH2]C.C=C(C)C(=O)NC[SiH2]C.C=C(Cl)C(=O)CC[SiH2]C.C=CC(=O)CCC(=O)SC[SiH2]C.C=CC(=O)C[SiH2]C.C=CC(=O)N(C)C[SiH2]C. The zero-order valence-corrected chi connectivity index (χ0v) is 89.9. The van der Waals surface area contributed by atoms with Crippen molar-refractivity contribution < 1.29 is 81.4 Å². The zero-order chi connectivity index (χ0) is 89.6. The molecule has 0 bridgehead atoms. The molecule has 4 N–H and O–H groups in total. The van der Waals surface area contributed by atoms with Crippen LogP contribution in [0.25, 0.3) is 0 Å². The Hall–Kier alpha value is -6.02. The summed E-state index contributed by atoms with van der Waals surface area (Å²) in [5, 5.41) is 12.0. The summed E-state index contributed by atoms with van der Waals surface area (Å²) in [4.78, 5) is 164. The molecule has 0 aliphatic rings. The summed E-state index contributed by atoms with van der Waals surface area (Å²) in [6.07, 6.45) is 10.2. The molecular weight excluding hydrogens is 2020 g/mol. The average molecular weight is 2290 g/mol. The van der Waals surface area contributed by atoms with E-state index >= 15 is 0 Å². The fraction of sp³-hybridized carbons (Fsp3) is 0.657. The molecule has 0 fully saturated rings. The number of ether oxygens (including phenoxy) is 2. The van der Waals surface area contributed by atoms with E-state index in [-0.39, 0.29) is 440 Å². The number of rotatable bonds is 48. The molecule has 0 aromatic rings. The van der Waals surface area contributed by atoms with Gasteiger partial charge in [0.25, 0.3) is 0 Å². The number of carbonyl (C=O) groups is 15. The van der Waals surface area contributed by atoms with Crippen molar-refractivity contribution in [3.05, 3.63) is 135 Å². The molecule has 0 atom stereocenters. The molecule has 0 aromatic heterocycles. The van der Waals surface area contributed by atoms with Gasteiger partial charge in [-0.15, -0.1) is 0 Å². The summed E-state index contributed by atoms with van der Waals surface area (Å²) in [5.74, 6) is 0.690. The van der Waals surface area contributed by atoms with Crippen molar-refractivity contribution in [3.8, 4) is 0 Å². The van der Waals surface area contributed by atoms with Gasteiger partial charge < -0.3 is 35.6 Å². The number of likely N-dealkylation sites (N-methyl/N-ethyl adjacent to an activating group) is 1.